The molecule has 0 radical (unpaired) electrons. The number of pyridine rings is 2. The Bertz CT molecular complexity index is 893. The van der Waals surface area contributed by atoms with Crippen LogP contribution in [0.15, 0.2) is 66.0 Å². The zero-order valence-electron chi connectivity index (χ0n) is 14.0. The second kappa shape index (κ2) is 7.53. The molecule has 0 aliphatic carbocycles. The van der Waals surface area contributed by atoms with Crippen LogP contribution in [-0.2, 0) is 4.79 Å². The van der Waals surface area contributed by atoms with Crippen LogP contribution in [0.4, 0.5) is 5.69 Å². The van der Waals surface area contributed by atoms with Crippen molar-refractivity contribution < 1.29 is 9.52 Å². The molecule has 1 N–H and O–H groups in total. The van der Waals surface area contributed by atoms with Gasteiger partial charge >= 0.3 is 0 Å². The Kier molecular flexibility index (Phi) is 5.19. The van der Waals surface area contributed by atoms with E-state index in [1.807, 2.05) is 44.2 Å². The molecule has 1 amide bonds. The normalized spacial score (nSPS) is 12.3. The van der Waals surface area contributed by atoms with Gasteiger partial charge in [0.25, 0.3) is 5.03 Å². The van der Waals surface area contributed by atoms with E-state index in [0.717, 1.165) is 21.3 Å². The molecule has 0 fully saturated rings. The molecular formula is C19H19N3O2S. The van der Waals surface area contributed by atoms with Crippen molar-refractivity contribution in [3.63, 3.8) is 0 Å². The largest absolute Gasteiger partial charge is 0.618 e. The van der Waals surface area contributed by atoms with Crippen molar-refractivity contribution >= 4 is 34.3 Å². The van der Waals surface area contributed by atoms with Crippen LogP contribution in [0.1, 0.15) is 13.8 Å². The SMILES string of the molecule is CC(C)[C@H](Sc1cccc[n+]1[O-])C(=O)Nc1cccc2ncccc12. The number of nitrogens with zero attached hydrogens (tertiary/aromatic N) is 2. The van der Waals surface area contributed by atoms with E-state index in [1.165, 1.54) is 18.0 Å². The molecule has 0 saturated carbocycles. The Morgan fingerprint density at radius 3 is 2.76 bits per heavy atom. The molecule has 0 unspecified atom stereocenters. The van der Waals surface area contributed by atoms with Gasteiger partial charge in [-0.2, -0.15) is 4.73 Å². The summed E-state index contributed by atoms with van der Waals surface area (Å²) in [5.74, 6) is -0.0569. The van der Waals surface area contributed by atoms with Crippen molar-refractivity contribution in [3.05, 3.63) is 66.1 Å². The third kappa shape index (κ3) is 3.91. The fraction of sp³-hybridized carbons (Fsp3) is 0.211. The first-order valence-electron chi connectivity index (χ1n) is 8.05. The van der Waals surface area contributed by atoms with Crippen LogP contribution in [0.2, 0.25) is 0 Å². The van der Waals surface area contributed by atoms with Crippen molar-refractivity contribution in [2.24, 2.45) is 5.92 Å². The summed E-state index contributed by atoms with van der Waals surface area (Å²) in [5, 5.41) is 15.9. The number of carbonyl (C=O) groups is 1. The Labute approximate surface area is 150 Å². The summed E-state index contributed by atoms with van der Waals surface area (Å²) in [5.41, 5.74) is 1.56. The van der Waals surface area contributed by atoms with Gasteiger partial charge in [-0.15, -0.1) is 0 Å². The van der Waals surface area contributed by atoms with E-state index in [9.17, 15) is 10.0 Å². The summed E-state index contributed by atoms with van der Waals surface area (Å²) in [7, 11) is 0. The molecule has 1 atom stereocenters. The maximum absolute atomic E-state index is 12.8. The molecule has 1 aromatic carbocycles. The lowest BCUT2D eigenvalue weighted by molar-refractivity contribution is -0.645. The smallest absolute Gasteiger partial charge is 0.252 e. The number of thioether (sulfide) groups is 1. The van der Waals surface area contributed by atoms with E-state index in [2.05, 4.69) is 10.3 Å². The summed E-state index contributed by atoms with van der Waals surface area (Å²) in [6.07, 6.45) is 3.16. The lowest BCUT2D eigenvalue weighted by Gasteiger charge is -2.19. The summed E-state index contributed by atoms with van der Waals surface area (Å²) < 4.78 is 0.787. The maximum atomic E-state index is 12.8. The third-order valence-electron chi connectivity index (χ3n) is 3.80. The van der Waals surface area contributed by atoms with Crippen LogP contribution in [0.3, 0.4) is 0 Å². The minimum Gasteiger partial charge on any atom is -0.618 e. The summed E-state index contributed by atoms with van der Waals surface area (Å²) in [4.78, 5) is 17.2. The highest BCUT2D eigenvalue weighted by Crippen LogP contribution is 2.28. The fourth-order valence-corrected chi connectivity index (χ4v) is 3.56. The Morgan fingerprint density at radius 1 is 1.16 bits per heavy atom. The number of aromatic nitrogens is 2. The molecule has 25 heavy (non-hydrogen) atoms. The standard InChI is InChI=1S/C19H19N3O2S/c1-13(2)18(25-17-10-3-4-12-22(17)24)19(23)21-16-9-5-8-15-14(16)7-6-11-20-15/h3-13,18H,1-2H3,(H,21,23)/t18-/m0/s1. The van der Waals surface area contributed by atoms with E-state index in [4.69, 9.17) is 0 Å². The Hall–Kier alpha value is -2.60. The number of nitrogens with one attached hydrogen (secondary N) is 1. The molecule has 0 aliphatic rings. The molecule has 2 aromatic heterocycles. The predicted molar refractivity (Wildman–Crippen MR) is 100 cm³/mol. The molecule has 0 bridgehead atoms. The molecule has 128 valence electrons. The molecule has 6 heteroatoms. The number of hydrogen-bond acceptors (Lipinski definition) is 4. The topological polar surface area (TPSA) is 68.9 Å². The second-order valence-electron chi connectivity index (χ2n) is 6.01. The van der Waals surface area contributed by atoms with Gasteiger partial charge in [-0.1, -0.05) is 19.9 Å². The van der Waals surface area contributed by atoms with Crippen LogP contribution in [0.25, 0.3) is 10.9 Å². The predicted octanol–water partition coefficient (Wildman–Crippen LogP) is 3.62. The van der Waals surface area contributed by atoms with Gasteiger partial charge < -0.3 is 10.5 Å². The number of amides is 1. The Balaban J connectivity index is 1.85. The lowest BCUT2D eigenvalue weighted by atomic mass is 10.1. The van der Waals surface area contributed by atoms with Gasteiger partial charge in [-0.05, 0) is 48.0 Å². The quantitative estimate of drug-likeness (QED) is 0.432. The van der Waals surface area contributed by atoms with Crippen molar-refractivity contribution in [3.8, 4) is 0 Å². The van der Waals surface area contributed by atoms with Crippen LogP contribution >= 0.6 is 11.8 Å². The van der Waals surface area contributed by atoms with Gasteiger partial charge in [0.15, 0.2) is 6.20 Å². The zero-order chi connectivity index (χ0) is 17.8. The monoisotopic (exact) mass is 353 g/mol. The van der Waals surface area contributed by atoms with Crippen molar-refractivity contribution in [1.82, 2.24) is 4.98 Å². The van der Waals surface area contributed by atoms with Gasteiger partial charge in [0, 0.05) is 23.7 Å². The van der Waals surface area contributed by atoms with Gasteiger partial charge in [0.05, 0.1) is 16.5 Å². The fourth-order valence-electron chi connectivity index (χ4n) is 2.54. The molecule has 0 aliphatic heterocycles. The highest BCUT2D eigenvalue weighted by Gasteiger charge is 2.27. The number of carbonyl (C=O) groups excluding carboxylic acids is 1. The first-order valence-corrected chi connectivity index (χ1v) is 8.93. The first-order chi connectivity index (χ1) is 12.1. The van der Waals surface area contributed by atoms with Gasteiger partial charge in [-0.3, -0.25) is 9.78 Å². The summed E-state index contributed by atoms with van der Waals surface area (Å²) >= 11 is 1.28. The number of anilines is 1. The molecule has 3 rings (SSSR count). The second-order valence-corrected chi connectivity index (χ2v) is 7.17. The van der Waals surface area contributed by atoms with E-state index < -0.39 is 0 Å². The number of benzene rings is 1. The summed E-state index contributed by atoms with van der Waals surface area (Å²) in [6, 6.07) is 14.6. The number of hydrogen-bond donors (Lipinski definition) is 1. The highest BCUT2D eigenvalue weighted by atomic mass is 32.2. The number of rotatable bonds is 5. The molecule has 5 nitrogen and oxygen atoms in total. The molecule has 0 spiro atoms. The Morgan fingerprint density at radius 2 is 2.00 bits per heavy atom. The van der Waals surface area contributed by atoms with Gasteiger partial charge in [0.1, 0.15) is 0 Å². The molecule has 0 saturated heterocycles. The van der Waals surface area contributed by atoms with Crippen molar-refractivity contribution in [2.75, 3.05) is 5.32 Å². The van der Waals surface area contributed by atoms with E-state index in [1.54, 1.807) is 24.4 Å². The molecule has 3 aromatic rings. The van der Waals surface area contributed by atoms with Crippen LogP contribution in [0.5, 0.6) is 0 Å². The lowest BCUT2D eigenvalue weighted by Crippen LogP contribution is -2.34. The zero-order valence-corrected chi connectivity index (χ0v) is 14.9. The van der Waals surface area contributed by atoms with Gasteiger partial charge in [0.2, 0.25) is 5.91 Å². The van der Waals surface area contributed by atoms with Crippen LogP contribution in [-0.4, -0.2) is 16.1 Å². The minimum absolute atomic E-state index is 0.0679. The average Bonchev–Trinajstić information content (AvgIpc) is 2.61. The summed E-state index contributed by atoms with van der Waals surface area (Å²) in [6.45, 7) is 3.94. The molecule has 2 heterocycles. The average molecular weight is 353 g/mol. The molecular weight excluding hydrogens is 334 g/mol. The van der Waals surface area contributed by atoms with Crippen LogP contribution < -0.4 is 10.0 Å². The highest BCUT2D eigenvalue weighted by molar-refractivity contribution is 8.00. The maximum Gasteiger partial charge on any atom is 0.252 e. The van der Waals surface area contributed by atoms with Gasteiger partial charge in [-0.25, -0.2) is 0 Å². The van der Waals surface area contributed by atoms with Crippen molar-refractivity contribution in [1.29, 1.82) is 0 Å². The van der Waals surface area contributed by atoms with E-state index in [0.29, 0.717) is 5.03 Å². The number of fused-ring (bicyclic) bond motifs is 1. The van der Waals surface area contributed by atoms with Crippen LogP contribution in [0, 0.1) is 11.1 Å². The minimum atomic E-state index is -0.380. The van der Waals surface area contributed by atoms with Crippen molar-refractivity contribution in [2.45, 2.75) is 24.1 Å². The first kappa shape index (κ1) is 17.2. The van der Waals surface area contributed by atoms with E-state index in [-0.39, 0.29) is 17.1 Å². The van der Waals surface area contributed by atoms with E-state index >= 15 is 0 Å². The third-order valence-corrected chi connectivity index (χ3v) is 5.37.